The van der Waals surface area contributed by atoms with Crippen molar-refractivity contribution >= 4 is 52.4 Å². The van der Waals surface area contributed by atoms with Gasteiger partial charge in [0.2, 0.25) is 5.91 Å². The minimum atomic E-state index is -3.03. The molecule has 2 saturated carbocycles. The van der Waals surface area contributed by atoms with Crippen LogP contribution in [0, 0.1) is 23.7 Å². The molecule has 5 N–H and O–H groups in total. The van der Waals surface area contributed by atoms with Crippen LogP contribution in [0.15, 0.2) is 42.5 Å². The first kappa shape index (κ1) is 29.4. The average Bonchev–Trinajstić information content (AvgIpc) is 2.90. The van der Waals surface area contributed by atoms with Crippen LogP contribution in [0.2, 0.25) is 5.02 Å². The van der Waals surface area contributed by atoms with E-state index >= 15 is 0 Å². The maximum absolute atomic E-state index is 14.1. The van der Waals surface area contributed by atoms with Gasteiger partial charge in [-0.15, -0.1) is 0 Å². The molecule has 0 aliphatic heterocycles. The molecule has 2 fully saturated rings. The number of benzene rings is 2. The van der Waals surface area contributed by atoms with Crippen LogP contribution < -0.4 is 5.73 Å². The van der Waals surface area contributed by atoms with Crippen molar-refractivity contribution in [2.24, 2.45) is 29.4 Å². The largest absolute Gasteiger partial charge is 0.507 e. The molecule has 0 heterocycles. The number of likely N-dealkylation sites (N-methyl/N-ethyl adjacent to an activating group) is 1. The average molecular weight is 601 g/mol. The lowest BCUT2D eigenvalue weighted by Crippen LogP contribution is -2.77. The van der Waals surface area contributed by atoms with Gasteiger partial charge in [0.15, 0.2) is 34.7 Å². The molecule has 2 aromatic carbocycles. The number of carbonyl (C=O) groups excluding carboxylic acids is 5. The topological polar surface area (TPSA) is 175 Å². The lowest BCUT2D eigenvalue weighted by atomic mass is 9.49. The highest BCUT2D eigenvalue weighted by atomic mass is 35.5. The number of halogens is 1. The minimum absolute atomic E-state index is 0.122. The van der Waals surface area contributed by atoms with Crippen LogP contribution in [0.3, 0.4) is 0 Å². The van der Waals surface area contributed by atoms with Gasteiger partial charge in [0.1, 0.15) is 5.75 Å². The fourth-order valence-corrected chi connectivity index (χ4v) is 8.18. The number of rotatable bonds is 6. The number of phenols is 1. The molecule has 0 saturated heterocycles. The van der Waals surface area contributed by atoms with E-state index in [9.17, 15) is 39.3 Å². The summed E-state index contributed by atoms with van der Waals surface area (Å²) in [5.74, 6) is -12.6. The van der Waals surface area contributed by atoms with Crippen molar-refractivity contribution in [3.63, 3.8) is 0 Å². The standard InChI is InChI=1S/C29H29ClN2O8S/c1-32(2)22-21-24(35)18-15(11-41-10-12-6-8-13(30)9-7-12)14-4-3-5-16(33)17(14)23(34)19(18)26(37)29(21,40)27(38)20(25(22)36)28(31)39/h3-9,15,18-22,24,33,35,40H,10-11H2,1-2H3,(H2,31,39)/t15-,18?,19?,20?,21?,22-,24-,29-/m0/s1. The highest BCUT2D eigenvalue weighted by molar-refractivity contribution is 7.98. The Hall–Kier alpha value is -3.09. The Balaban J connectivity index is 1.62. The van der Waals surface area contributed by atoms with E-state index in [2.05, 4.69) is 0 Å². The number of aliphatic hydroxyl groups excluding tert-OH is 1. The van der Waals surface area contributed by atoms with Crippen molar-refractivity contribution in [2.45, 2.75) is 29.4 Å². The Morgan fingerprint density at radius 2 is 1.73 bits per heavy atom. The molecule has 5 rings (SSSR count). The van der Waals surface area contributed by atoms with Crippen LogP contribution in [-0.4, -0.2) is 86.9 Å². The van der Waals surface area contributed by atoms with Crippen LogP contribution in [0.1, 0.15) is 27.4 Å². The van der Waals surface area contributed by atoms with Crippen molar-refractivity contribution in [2.75, 3.05) is 19.8 Å². The second-order valence-corrected chi connectivity index (χ2v) is 12.5. The summed E-state index contributed by atoms with van der Waals surface area (Å²) in [6.45, 7) is 0. The molecule has 3 aliphatic carbocycles. The molecule has 216 valence electrons. The molecule has 0 spiro atoms. The number of phenolic OH excluding ortho intramolecular Hbond substituents is 1. The molecule has 41 heavy (non-hydrogen) atoms. The van der Waals surface area contributed by atoms with Gasteiger partial charge in [-0.2, -0.15) is 11.8 Å². The summed E-state index contributed by atoms with van der Waals surface area (Å²) in [6, 6.07) is 10.3. The molecule has 4 unspecified atom stereocenters. The van der Waals surface area contributed by atoms with Crippen LogP contribution in [-0.2, 0) is 24.9 Å². The molecule has 10 nitrogen and oxygen atoms in total. The zero-order valence-corrected chi connectivity index (χ0v) is 23.8. The van der Waals surface area contributed by atoms with Gasteiger partial charge < -0.3 is 21.1 Å². The lowest BCUT2D eigenvalue weighted by molar-refractivity contribution is -0.196. The van der Waals surface area contributed by atoms with Gasteiger partial charge in [0, 0.05) is 28.4 Å². The molecule has 2 aromatic rings. The number of fused-ring (bicyclic) bond motifs is 3. The quantitative estimate of drug-likeness (QED) is 0.350. The Morgan fingerprint density at radius 1 is 1.07 bits per heavy atom. The highest BCUT2D eigenvalue weighted by Crippen LogP contribution is 2.55. The van der Waals surface area contributed by atoms with Crippen LogP contribution in [0.25, 0.3) is 0 Å². The maximum Gasteiger partial charge on any atom is 0.235 e. The van der Waals surface area contributed by atoms with Crippen molar-refractivity contribution in [1.82, 2.24) is 4.90 Å². The SMILES string of the molecule is CN(C)[C@@H]1C(=O)C(C(N)=O)C(=O)[C@@]2(O)C(=O)C3C(=O)c4c(O)cccc4[C@H](CSCc4ccc(Cl)cc4)C3[C@H](O)C12. The van der Waals surface area contributed by atoms with Crippen molar-refractivity contribution in [3.05, 3.63) is 64.2 Å². The number of primary amides is 1. The smallest absolute Gasteiger partial charge is 0.235 e. The van der Waals surface area contributed by atoms with Gasteiger partial charge >= 0.3 is 0 Å². The van der Waals surface area contributed by atoms with Crippen molar-refractivity contribution in [3.8, 4) is 5.75 Å². The normalized spacial score (nSPS) is 32.9. The zero-order valence-electron chi connectivity index (χ0n) is 22.2. The fourth-order valence-electron chi connectivity index (χ4n) is 6.85. The summed E-state index contributed by atoms with van der Waals surface area (Å²) in [7, 11) is 2.91. The third-order valence-corrected chi connectivity index (χ3v) is 10.0. The van der Waals surface area contributed by atoms with Crippen LogP contribution in [0.5, 0.6) is 5.75 Å². The number of nitrogens with zero attached hydrogens (tertiary/aromatic N) is 1. The van der Waals surface area contributed by atoms with Gasteiger partial charge in [0.05, 0.1) is 29.5 Å². The number of aromatic hydroxyl groups is 1. The molecule has 0 bridgehead atoms. The number of amides is 1. The molecule has 0 radical (unpaired) electrons. The molecule has 8 atom stereocenters. The van der Waals surface area contributed by atoms with Crippen LogP contribution in [0.4, 0.5) is 0 Å². The number of Topliss-reactive ketones (excluding diaryl/α,β-unsaturated/α-hetero) is 4. The number of nitrogens with two attached hydrogens (primary N) is 1. The first-order valence-electron chi connectivity index (χ1n) is 13.0. The Kier molecular flexibility index (Phi) is 7.62. The van der Waals surface area contributed by atoms with Gasteiger partial charge in [-0.25, -0.2) is 0 Å². The molecule has 0 aromatic heterocycles. The number of ketones is 4. The summed E-state index contributed by atoms with van der Waals surface area (Å²) in [5, 5.41) is 34.9. The van der Waals surface area contributed by atoms with E-state index in [1.54, 1.807) is 24.3 Å². The molecular formula is C29H29ClN2O8S. The van der Waals surface area contributed by atoms with E-state index in [4.69, 9.17) is 17.3 Å². The molecule has 3 aliphatic rings. The molecule has 12 heteroatoms. The summed E-state index contributed by atoms with van der Waals surface area (Å²) >= 11 is 7.45. The van der Waals surface area contributed by atoms with E-state index in [0.717, 1.165) is 5.56 Å². The number of thioether (sulfide) groups is 1. The maximum atomic E-state index is 14.1. The van der Waals surface area contributed by atoms with Crippen molar-refractivity contribution in [1.29, 1.82) is 0 Å². The summed E-state index contributed by atoms with van der Waals surface area (Å²) in [5.41, 5.74) is 3.58. The second kappa shape index (κ2) is 10.6. The van der Waals surface area contributed by atoms with E-state index in [1.165, 1.54) is 36.8 Å². The number of hydrogen-bond donors (Lipinski definition) is 4. The third-order valence-electron chi connectivity index (χ3n) is 8.63. The molecular weight excluding hydrogens is 572 g/mol. The number of carbonyl (C=O) groups is 5. The van der Waals surface area contributed by atoms with Gasteiger partial charge in [0.25, 0.3) is 0 Å². The summed E-state index contributed by atoms with van der Waals surface area (Å²) in [6.07, 6.45) is -1.68. The van der Waals surface area contributed by atoms with E-state index < -0.39 is 76.4 Å². The first-order chi connectivity index (χ1) is 19.3. The summed E-state index contributed by atoms with van der Waals surface area (Å²) in [4.78, 5) is 68.3. The first-order valence-corrected chi connectivity index (χ1v) is 14.5. The Bertz CT molecular complexity index is 1460. The minimum Gasteiger partial charge on any atom is -0.507 e. The predicted octanol–water partition coefficient (Wildman–Crippen LogP) is 0.966. The van der Waals surface area contributed by atoms with Gasteiger partial charge in [-0.3, -0.25) is 28.9 Å². The number of hydrogen-bond acceptors (Lipinski definition) is 10. The lowest BCUT2D eigenvalue weighted by Gasteiger charge is -2.56. The van der Waals surface area contributed by atoms with Gasteiger partial charge in [-0.05, 0) is 43.4 Å². The fraction of sp³-hybridized carbons (Fsp3) is 0.414. The van der Waals surface area contributed by atoms with Crippen LogP contribution >= 0.6 is 23.4 Å². The molecule has 1 amide bonds. The zero-order chi connectivity index (χ0) is 30.0. The highest BCUT2D eigenvalue weighted by Gasteiger charge is 2.73. The number of aliphatic hydroxyl groups is 2. The Labute approximate surface area is 244 Å². The van der Waals surface area contributed by atoms with E-state index in [1.807, 2.05) is 12.1 Å². The van der Waals surface area contributed by atoms with Crippen molar-refractivity contribution < 1.29 is 39.3 Å². The Morgan fingerprint density at radius 3 is 2.34 bits per heavy atom. The van der Waals surface area contributed by atoms with E-state index in [0.29, 0.717) is 22.1 Å². The van der Waals surface area contributed by atoms with E-state index in [-0.39, 0.29) is 11.3 Å². The predicted molar refractivity (Wildman–Crippen MR) is 149 cm³/mol. The third kappa shape index (κ3) is 4.42. The summed E-state index contributed by atoms with van der Waals surface area (Å²) < 4.78 is 0. The van der Waals surface area contributed by atoms with Gasteiger partial charge in [-0.1, -0.05) is 35.9 Å². The monoisotopic (exact) mass is 600 g/mol. The second-order valence-electron chi connectivity index (χ2n) is 11.1.